The minimum absolute atomic E-state index is 0.0995. The van der Waals surface area contributed by atoms with Crippen LogP contribution in [0.25, 0.3) is 0 Å². The average Bonchev–Trinajstić information content (AvgIpc) is 2.81. The van der Waals surface area contributed by atoms with E-state index in [0.29, 0.717) is 13.1 Å². The van der Waals surface area contributed by atoms with Crippen molar-refractivity contribution in [2.24, 2.45) is 0 Å². The van der Waals surface area contributed by atoms with Gasteiger partial charge in [0.25, 0.3) is 5.91 Å². The lowest BCUT2D eigenvalue weighted by Crippen LogP contribution is -2.33. The number of rotatable bonds is 2. The molecule has 1 aliphatic rings. The fourth-order valence-corrected chi connectivity index (χ4v) is 1.96. The summed E-state index contributed by atoms with van der Waals surface area (Å²) in [6.45, 7) is 1.26. The van der Waals surface area contributed by atoms with Crippen molar-refractivity contribution in [3.05, 3.63) is 29.6 Å². The van der Waals surface area contributed by atoms with Crippen LogP contribution in [0.3, 0.4) is 0 Å². The van der Waals surface area contributed by atoms with E-state index in [1.807, 2.05) is 0 Å². The summed E-state index contributed by atoms with van der Waals surface area (Å²) in [6, 6.07) is 3.53. The van der Waals surface area contributed by atoms with E-state index in [-0.39, 0.29) is 16.9 Å². The van der Waals surface area contributed by atoms with Gasteiger partial charge in [-0.25, -0.2) is 4.39 Å². The Hall–Kier alpha value is -1.40. The van der Waals surface area contributed by atoms with Gasteiger partial charge in [0.15, 0.2) is 0 Å². The summed E-state index contributed by atoms with van der Waals surface area (Å²) < 4.78 is 13.5. The standard InChI is InChI=1S/C11H13BFNO3/c13-10-4-3-8(12(16)17)7-9(10)11(15)14-5-1-2-6-14/h3-4,7,16-17H,1-2,5-6H2. The van der Waals surface area contributed by atoms with E-state index >= 15 is 0 Å². The van der Waals surface area contributed by atoms with Gasteiger partial charge in [-0.1, -0.05) is 6.07 Å². The van der Waals surface area contributed by atoms with E-state index < -0.39 is 12.9 Å². The quantitative estimate of drug-likeness (QED) is 0.697. The number of likely N-dealkylation sites (tertiary alicyclic amines) is 1. The molecule has 0 aliphatic carbocycles. The zero-order chi connectivity index (χ0) is 12.4. The topological polar surface area (TPSA) is 60.8 Å². The van der Waals surface area contributed by atoms with Gasteiger partial charge in [0, 0.05) is 13.1 Å². The van der Waals surface area contributed by atoms with Gasteiger partial charge < -0.3 is 14.9 Å². The Labute approximate surface area is 98.8 Å². The van der Waals surface area contributed by atoms with Crippen molar-refractivity contribution in [2.75, 3.05) is 13.1 Å². The first-order valence-corrected chi connectivity index (χ1v) is 5.54. The first-order valence-electron chi connectivity index (χ1n) is 5.54. The van der Waals surface area contributed by atoms with Crippen LogP contribution in [0.2, 0.25) is 0 Å². The second-order valence-electron chi connectivity index (χ2n) is 4.11. The number of halogens is 1. The molecule has 0 spiro atoms. The number of carbonyl (C=O) groups excluding carboxylic acids is 1. The molecule has 1 saturated heterocycles. The molecule has 2 N–H and O–H groups in total. The van der Waals surface area contributed by atoms with Gasteiger partial charge in [0.2, 0.25) is 0 Å². The summed E-state index contributed by atoms with van der Waals surface area (Å²) in [7, 11) is -1.69. The zero-order valence-electron chi connectivity index (χ0n) is 9.27. The lowest BCUT2D eigenvalue weighted by Gasteiger charge is -2.16. The van der Waals surface area contributed by atoms with Crippen molar-refractivity contribution >= 4 is 18.5 Å². The summed E-state index contributed by atoms with van der Waals surface area (Å²) in [5.41, 5.74) is 0.0199. The Kier molecular flexibility index (Phi) is 3.45. The number of amides is 1. The van der Waals surface area contributed by atoms with Crippen LogP contribution in [-0.2, 0) is 0 Å². The molecule has 17 heavy (non-hydrogen) atoms. The van der Waals surface area contributed by atoms with Gasteiger partial charge in [0.1, 0.15) is 5.82 Å². The summed E-state index contributed by atoms with van der Waals surface area (Å²) in [6.07, 6.45) is 1.85. The maximum Gasteiger partial charge on any atom is 0.488 e. The molecule has 0 bridgehead atoms. The van der Waals surface area contributed by atoms with E-state index in [1.165, 1.54) is 12.1 Å². The third kappa shape index (κ3) is 2.48. The predicted octanol–water partition coefficient (Wildman–Crippen LogP) is -0.259. The summed E-state index contributed by atoms with van der Waals surface area (Å²) >= 11 is 0. The third-order valence-electron chi connectivity index (χ3n) is 2.91. The minimum Gasteiger partial charge on any atom is -0.423 e. The van der Waals surface area contributed by atoms with Crippen molar-refractivity contribution in [2.45, 2.75) is 12.8 Å². The molecule has 2 rings (SSSR count). The van der Waals surface area contributed by atoms with Crippen molar-refractivity contribution in [1.82, 2.24) is 4.90 Å². The number of carbonyl (C=O) groups is 1. The molecule has 0 radical (unpaired) electrons. The Morgan fingerprint density at radius 3 is 2.53 bits per heavy atom. The predicted molar refractivity (Wildman–Crippen MR) is 61.4 cm³/mol. The van der Waals surface area contributed by atoms with Crippen LogP contribution < -0.4 is 5.46 Å². The van der Waals surface area contributed by atoms with Gasteiger partial charge in [-0.15, -0.1) is 0 Å². The third-order valence-corrected chi connectivity index (χ3v) is 2.91. The molecule has 1 amide bonds. The van der Waals surface area contributed by atoms with E-state index in [0.717, 1.165) is 18.9 Å². The molecule has 0 saturated carbocycles. The molecule has 1 fully saturated rings. The maximum absolute atomic E-state index is 13.5. The van der Waals surface area contributed by atoms with Gasteiger partial charge in [-0.3, -0.25) is 4.79 Å². The second kappa shape index (κ2) is 4.85. The number of benzene rings is 1. The fraction of sp³-hybridized carbons (Fsp3) is 0.364. The molecular formula is C11H13BFNO3. The first-order chi connectivity index (χ1) is 8.09. The smallest absolute Gasteiger partial charge is 0.423 e. The lowest BCUT2D eigenvalue weighted by molar-refractivity contribution is 0.0788. The Morgan fingerprint density at radius 2 is 1.94 bits per heavy atom. The van der Waals surface area contributed by atoms with Crippen LogP contribution >= 0.6 is 0 Å². The molecule has 0 unspecified atom stereocenters. The molecule has 1 aromatic rings. The average molecular weight is 237 g/mol. The van der Waals surface area contributed by atoms with Crippen molar-refractivity contribution in [3.8, 4) is 0 Å². The monoisotopic (exact) mass is 237 g/mol. The number of nitrogens with zero attached hydrogens (tertiary/aromatic N) is 1. The molecule has 90 valence electrons. The number of hydrogen-bond donors (Lipinski definition) is 2. The van der Waals surface area contributed by atoms with Crippen LogP contribution in [0.4, 0.5) is 4.39 Å². The van der Waals surface area contributed by atoms with Crippen LogP contribution in [0.1, 0.15) is 23.2 Å². The Morgan fingerprint density at radius 1 is 1.29 bits per heavy atom. The van der Waals surface area contributed by atoms with Gasteiger partial charge in [0.05, 0.1) is 5.56 Å². The molecule has 1 heterocycles. The van der Waals surface area contributed by atoms with Gasteiger partial charge in [-0.2, -0.15) is 0 Å². The van der Waals surface area contributed by atoms with Crippen molar-refractivity contribution in [3.63, 3.8) is 0 Å². The second-order valence-corrected chi connectivity index (χ2v) is 4.11. The van der Waals surface area contributed by atoms with Crippen LogP contribution in [-0.4, -0.2) is 41.1 Å². The van der Waals surface area contributed by atoms with Crippen LogP contribution in [0.5, 0.6) is 0 Å². The van der Waals surface area contributed by atoms with Crippen LogP contribution in [0.15, 0.2) is 18.2 Å². The van der Waals surface area contributed by atoms with Gasteiger partial charge >= 0.3 is 7.12 Å². The zero-order valence-corrected chi connectivity index (χ0v) is 9.27. The minimum atomic E-state index is -1.69. The van der Waals surface area contributed by atoms with E-state index in [1.54, 1.807) is 4.90 Å². The van der Waals surface area contributed by atoms with E-state index in [9.17, 15) is 9.18 Å². The maximum atomic E-state index is 13.5. The highest BCUT2D eigenvalue weighted by Gasteiger charge is 2.23. The molecule has 1 aliphatic heterocycles. The Bertz CT molecular complexity index is 433. The summed E-state index contributed by atoms with van der Waals surface area (Å²) in [5, 5.41) is 18.0. The normalized spacial score (nSPS) is 15.1. The summed E-state index contributed by atoms with van der Waals surface area (Å²) in [5.74, 6) is -1.02. The summed E-state index contributed by atoms with van der Waals surface area (Å²) in [4.78, 5) is 13.5. The lowest BCUT2D eigenvalue weighted by atomic mass is 9.79. The highest BCUT2D eigenvalue weighted by molar-refractivity contribution is 6.58. The highest BCUT2D eigenvalue weighted by Crippen LogP contribution is 2.14. The SMILES string of the molecule is O=C(c1cc(B(O)O)ccc1F)N1CCCC1. The molecule has 4 nitrogen and oxygen atoms in total. The first kappa shape index (κ1) is 12.1. The molecule has 0 aromatic heterocycles. The molecule has 1 aromatic carbocycles. The van der Waals surface area contributed by atoms with Crippen molar-refractivity contribution in [1.29, 1.82) is 0 Å². The number of hydrogen-bond acceptors (Lipinski definition) is 3. The van der Waals surface area contributed by atoms with Crippen molar-refractivity contribution < 1.29 is 19.2 Å². The van der Waals surface area contributed by atoms with Crippen LogP contribution in [0, 0.1) is 5.82 Å². The Balaban J connectivity index is 2.29. The highest BCUT2D eigenvalue weighted by atomic mass is 19.1. The molecule has 6 heteroatoms. The molecule has 0 atom stereocenters. The molecular weight excluding hydrogens is 224 g/mol. The largest absolute Gasteiger partial charge is 0.488 e. The van der Waals surface area contributed by atoms with E-state index in [4.69, 9.17) is 10.0 Å². The van der Waals surface area contributed by atoms with E-state index in [2.05, 4.69) is 0 Å². The van der Waals surface area contributed by atoms with Gasteiger partial charge in [-0.05, 0) is 30.4 Å². The fourth-order valence-electron chi connectivity index (χ4n) is 1.96.